The molecule has 0 fully saturated rings. The smallest absolute Gasteiger partial charge is 0.270 e. The van der Waals surface area contributed by atoms with Gasteiger partial charge in [-0.25, -0.2) is 9.90 Å². The van der Waals surface area contributed by atoms with E-state index in [-0.39, 0.29) is 6.54 Å². The van der Waals surface area contributed by atoms with Crippen LogP contribution < -0.4 is 0 Å². The van der Waals surface area contributed by atoms with Crippen LogP contribution in [-0.4, -0.2) is 35.7 Å². The molecule has 0 bridgehead atoms. The average molecular weight is 235 g/mol. The highest BCUT2D eigenvalue weighted by Gasteiger charge is 2.09. The first-order valence-electron chi connectivity index (χ1n) is 5.00. The number of carbonyl (C=O) groups is 2. The summed E-state index contributed by atoms with van der Waals surface area (Å²) in [5.74, 6) is -0.505. The third-order valence-corrected chi connectivity index (χ3v) is 1.92. The van der Waals surface area contributed by atoms with E-state index in [0.29, 0.717) is 6.29 Å². The molecule has 0 aromatic heterocycles. The third kappa shape index (κ3) is 4.58. The summed E-state index contributed by atoms with van der Waals surface area (Å²) in [4.78, 5) is 26.4. The molecule has 1 rings (SSSR count). The van der Waals surface area contributed by atoms with Crippen LogP contribution in [0.5, 0.6) is 0 Å². The summed E-state index contributed by atoms with van der Waals surface area (Å²) in [6.45, 7) is -0.878. The van der Waals surface area contributed by atoms with E-state index >= 15 is 0 Å². The lowest BCUT2D eigenvalue weighted by molar-refractivity contribution is -0.207. The van der Waals surface area contributed by atoms with Crippen molar-refractivity contribution in [1.82, 2.24) is 5.06 Å². The summed E-state index contributed by atoms with van der Waals surface area (Å²) in [7, 11) is 0. The number of aliphatic hydroxyl groups is 1. The molecule has 5 nitrogen and oxygen atoms in total. The molecule has 17 heavy (non-hydrogen) atoms. The minimum atomic E-state index is -0.654. The number of nitrogens with zero attached hydrogens (tertiary/aromatic N) is 1. The molecule has 0 unspecified atom stereocenters. The van der Waals surface area contributed by atoms with Gasteiger partial charge in [-0.1, -0.05) is 30.3 Å². The summed E-state index contributed by atoms with van der Waals surface area (Å²) in [6.07, 6.45) is 3.39. The van der Waals surface area contributed by atoms with Crippen molar-refractivity contribution in [1.29, 1.82) is 0 Å². The van der Waals surface area contributed by atoms with Crippen molar-refractivity contribution in [3.63, 3.8) is 0 Å². The molecule has 0 heterocycles. The van der Waals surface area contributed by atoms with Crippen molar-refractivity contribution in [2.24, 2.45) is 0 Å². The van der Waals surface area contributed by atoms with Gasteiger partial charge in [-0.05, 0) is 11.6 Å². The normalized spacial score (nSPS) is 10.4. The predicted molar refractivity (Wildman–Crippen MR) is 61.4 cm³/mol. The predicted octanol–water partition coefficient (Wildman–Crippen LogP) is 0.609. The Morgan fingerprint density at radius 1 is 1.35 bits per heavy atom. The Bertz CT molecular complexity index is 389. The van der Waals surface area contributed by atoms with Crippen molar-refractivity contribution in [3.05, 3.63) is 42.0 Å². The van der Waals surface area contributed by atoms with Gasteiger partial charge in [0.15, 0.2) is 6.79 Å². The lowest BCUT2D eigenvalue weighted by Crippen LogP contribution is -2.31. The maximum absolute atomic E-state index is 11.5. The van der Waals surface area contributed by atoms with Gasteiger partial charge >= 0.3 is 0 Å². The van der Waals surface area contributed by atoms with Gasteiger partial charge in [-0.2, -0.15) is 0 Å². The Morgan fingerprint density at radius 2 is 2.06 bits per heavy atom. The molecule has 0 spiro atoms. The number of carbonyl (C=O) groups excluding carboxylic acids is 2. The van der Waals surface area contributed by atoms with E-state index in [1.165, 1.54) is 6.08 Å². The molecule has 0 atom stereocenters. The van der Waals surface area contributed by atoms with Crippen LogP contribution in [0, 0.1) is 0 Å². The Balaban J connectivity index is 2.63. The zero-order chi connectivity index (χ0) is 12.5. The zero-order valence-corrected chi connectivity index (χ0v) is 9.15. The fourth-order valence-corrected chi connectivity index (χ4v) is 1.16. The van der Waals surface area contributed by atoms with Gasteiger partial charge in [-0.3, -0.25) is 4.79 Å². The maximum Gasteiger partial charge on any atom is 0.270 e. The molecule has 1 aromatic carbocycles. The fraction of sp³-hybridized carbons (Fsp3) is 0.167. The number of aliphatic hydroxyl groups excluding tert-OH is 1. The van der Waals surface area contributed by atoms with Crippen molar-refractivity contribution < 1.29 is 19.5 Å². The first kappa shape index (κ1) is 13.1. The van der Waals surface area contributed by atoms with Gasteiger partial charge in [0, 0.05) is 6.08 Å². The number of aldehydes is 1. The van der Waals surface area contributed by atoms with E-state index < -0.39 is 12.7 Å². The van der Waals surface area contributed by atoms with Gasteiger partial charge < -0.3 is 9.90 Å². The Kier molecular flexibility index (Phi) is 5.63. The first-order valence-corrected chi connectivity index (χ1v) is 5.00. The molecule has 5 heteroatoms. The SMILES string of the molecule is O=CCN(OCO)C(=O)/C=C/c1ccccc1. The van der Waals surface area contributed by atoms with Crippen LogP contribution in [0.4, 0.5) is 0 Å². The second kappa shape index (κ2) is 7.32. The van der Waals surface area contributed by atoms with Crippen LogP contribution in [0.1, 0.15) is 5.56 Å². The number of rotatable bonds is 6. The van der Waals surface area contributed by atoms with Crippen molar-refractivity contribution >= 4 is 18.3 Å². The lowest BCUT2D eigenvalue weighted by atomic mass is 10.2. The van der Waals surface area contributed by atoms with Crippen LogP contribution in [-0.2, 0) is 14.4 Å². The van der Waals surface area contributed by atoms with E-state index in [0.717, 1.165) is 10.6 Å². The number of amides is 1. The second-order valence-electron chi connectivity index (χ2n) is 3.07. The molecule has 0 aliphatic heterocycles. The molecular weight excluding hydrogens is 222 g/mol. The summed E-state index contributed by atoms with van der Waals surface area (Å²) < 4.78 is 0. The summed E-state index contributed by atoms with van der Waals surface area (Å²) >= 11 is 0. The third-order valence-electron chi connectivity index (χ3n) is 1.92. The molecule has 1 amide bonds. The quantitative estimate of drug-likeness (QED) is 0.339. The monoisotopic (exact) mass is 235 g/mol. The average Bonchev–Trinajstić information content (AvgIpc) is 2.37. The van der Waals surface area contributed by atoms with E-state index in [4.69, 9.17) is 5.11 Å². The first-order chi connectivity index (χ1) is 8.27. The molecule has 0 saturated carbocycles. The van der Waals surface area contributed by atoms with Crippen molar-refractivity contribution in [3.8, 4) is 0 Å². The standard InChI is InChI=1S/C12H13NO4/c14-9-8-13(17-10-15)12(16)7-6-11-4-2-1-3-5-11/h1-7,9,15H,8,10H2/b7-6+. The lowest BCUT2D eigenvalue weighted by Gasteiger charge is -2.15. The minimum absolute atomic E-state index is 0.224. The largest absolute Gasteiger partial charge is 0.368 e. The molecule has 1 aromatic rings. The fourth-order valence-electron chi connectivity index (χ4n) is 1.16. The molecule has 0 aliphatic carbocycles. The number of hydroxylamine groups is 2. The Hall–Kier alpha value is -1.98. The van der Waals surface area contributed by atoms with Crippen LogP contribution in [0.3, 0.4) is 0 Å². The van der Waals surface area contributed by atoms with E-state index in [2.05, 4.69) is 4.84 Å². The summed E-state index contributed by atoms with van der Waals surface area (Å²) in [5.41, 5.74) is 0.857. The molecule has 1 N–H and O–H groups in total. The zero-order valence-electron chi connectivity index (χ0n) is 9.15. The van der Waals surface area contributed by atoms with Crippen LogP contribution in [0.15, 0.2) is 36.4 Å². The molecule has 0 saturated heterocycles. The highest BCUT2D eigenvalue weighted by atomic mass is 16.7. The minimum Gasteiger partial charge on any atom is -0.368 e. The Labute approximate surface area is 98.9 Å². The molecular formula is C12H13NO4. The second-order valence-corrected chi connectivity index (χ2v) is 3.07. The highest BCUT2D eigenvalue weighted by molar-refractivity contribution is 5.92. The van der Waals surface area contributed by atoms with E-state index in [1.54, 1.807) is 6.08 Å². The number of benzene rings is 1. The van der Waals surface area contributed by atoms with Gasteiger partial charge in [-0.15, -0.1) is 0 Å². The van der Waals surface area contributed by atoms with Crippen molar-refractivity contribution in [2.75, 3.05) is 13.3 Å². The van der Waals surface area contributed by atoms with E-state index in [1.807, 2.05) is 30.3 Å². The van der Waals surface area contributed by atoms with E-state index in [9.17, 15) is 9.59 Å². The topological polar surface area (TPSA) is 66.8 Å². The van der Waals surface area contributed by atoms with Crippen LogP contribution >= 0.6 is 0 Å². The summed E-state index contributed by atoms with van der Waals surface area (Å²) in [5, 5.41) is 9.33. The summed E-state index contributed by atoms with van der Waals surface area (Å²) in [6, 6.07) is 9.23. The highest BCUT2D eigenvalue weighted by Crippen LogP contribution is 2.02. The number of hydrogen-bond acceptors (Lipinski definition) is 4. The molecule has 0 aliphatic rings. The van der Waals surface area contributed by atoms with Gasteiger partial charge in [0.1, 0.15) is 12.8 Å². The van der Waals surface area contributed by atoms with Gasteiger partial charge in [0.05, 0.1) is 0 Å². The molecule has 0 radical (unpaired) electrons. The van der Waals surface area contributed by atoms with Gasteiger partial charge in [0.2, 0.25) is 0 Å². The maximum atomic E-state index is 11.5. The van der Waals surface area contributed by atoms with Crippen molar-refractivity contribution in [2.45, 2.75) is 0 Å². The van der Waals surface area contributed by atoms with Crippen LogP contribution in [0.25, 0.3) is 6.08 Å². The van der Waals surface area contributed by atoms with Crippen LogP contribution in [0.2, 0.25) is 0 Å². The Morgan fingerprint density at radius 3 is 2.65 bits per heavy atom. The number of hydrogen-bond donors (Lipinski definition) is 1. The molecule has 90 valence electrons. The van der Waals surface area contributed by atoms with Gasteiger partial charge in [0.25, 0.3) is 5.91 Å².